The second-order valence-electron chi connectivity index (χ2n) is 7.32. The van der Waals surface area contributed by atoms with Crippen LogP contribution in [0.4, 0.5) is 11.4 Å². The van der Waals surface area contributed by atoms with Crippen molar-refractivity contribution in [2.75, 3.05) is 32.5 Å². The summed E-state index contributed by atoms with van der Waals surface area (Å²) < 4.78 is 27.3. The average Bonchev–Trinajstić information content (AvgIpc) is 2.56. The molecule has 0 aliphatic heterocycles. The molecule has 1 aromatic carbocycles. The summed E-state index contributed by atoms with van der Waals surface area (Å²) in [5.74, 6) is 0. The predicted octanol–water partition coefficient (Wildman–Crippen LogP) is 2.96. The summed E-state index contributed by atoms with van der Waals surface area (Å²) in [4.78, 5) is 12.8. The fourth-order valence-corrected chi connectivity index (χ4v) is 4.30. The first kappa shape index (κ1) is 21.6. The molecule has 0 unspecified atom stereocenters. The van der Waals surface area contributed by atoms with Gasteiger partial charge in [-0.05, 0) is 39.1 Å². The molecule has 0 bridgehead atoms. The Hall–Kier alpha value is -1.71. The van der Waals surface area contributed by atoms with E-state index in [0.29, 0.717) is 12.2 Å². The van der Waals surface area contributed by atoms with Gasteiger partial charge >= 0.3 is 0 Å². The van der Waals surface area contributed by atoms with Crippen LogP contribution < -0.4 is 10.0 Å². The summed E-state index contributed by atoms with van der Waals surface area (Å²) in [6.07, 6.45) is 7.79. The molecule has 2 rings (SSSR count). The van der Waals surface area contributed by atoms with Crippen LogP contribution in [0.2, 0.25) is 0 Å². The Morgan fingerprint density at radius 2 is 1.78 bits per heavy atom. The van der Waals surface area contributed by atoms with E-state index in [2.05, 4.69) is 10.0 Å². The number of benzene rings is 1. The topological polar surface area (TPSA) is 105 Å². The molecule has 1 aromatic rings. The monoisotopic (exact) mass is 398 g/mol. The zero-order valence-electron chi connectivity index (χ0n) is 16.1. The number of hydrogen-bond acceptors (Lipinski definition) is 6. The molecule has 0 spiro atoms. The fourth-order valence-electron chi connectivity index (χ4n) is 3.26. The van der Waals surface area contributed by atoms with Gasteiger partial charge in [0.05, 0.1) is 9.82 Å². The van der Waals surface area contributed by atoms with Crippen molar-refractivity contribution in [3.05, 3.63) is 28.3 Å². The third-order valence-electron chi connectivity index (χ3n) is 4.79. The van der Waals surface area contributed by atoms with Crippen LogP contribution in [0.1, 0.15) is 44.9 Å². The van der Waals surface area contributed by atoms with Gasteiger partial charge in [0.25, 0.3) is 5.69 Å². The Morgan fingerprint density at radius 3 is 2.37 bits per heavy atom. The molecule has 2 N–H and O–H groups in total. The highest BCUT2D eigenvalue weighted by atomic mass is 32.2. The quantitative estimate of drug-likeness (QED) is 0.515. The van der Waals surface area contributed by atoms with Crippen LogP contribution in [-0.4, -0.2) is 51.5 Å². The maximum absolute atomic E-state index is 12.4. The van der Waals surface area contributed by atoms with Crippen LogP contribution in [0.5, 0.6) is 0 Å². The van der Waals surface area contributed by atoms with E-state index in [4.69, 9.17) is 0 Å². The van der Waals surface area contributed by atoms with E-state index in [1.165, 1.54) is 31.4 Å². The normalized spacial score (nSPS) is 16.7. The number of sulfonamides is 1. The van der Waals surface area contributed by atoms with Crippen molar-refractivity contribution in [1.82, 2.24) is 9.62 Å². The molecule has 0 atom stereocenters. The first-order valence-electron chi connectivity index (χ1n) is 9.49. The molecule has 1 fully saturated rings. The van der Waals surface area contributed by atoms with Crippen molar-refractivity contribution in [3.63, 3.8) is 0 Å². The lowest BCUT2D eigenvalue weighted by Crippen LogP contribution is -2.31. The summed E-state index contributed by atoms with van der Waals surface area (Å²) in [7, 11) is -0.0967. The summed E-state index contributed by atoms with van der Waals surface area (Å²) >= 11 is 0. The fraction of sp³-hybridized carbons (Fsp3) is 0.667. The molecule has 152 valence electrons. The van der Waals surface area contributed by atoms with Gasteiger partial charge in [-0.2, -0.15) is 0 Å². The van der Waals surface area contributed by atoms with Crippen LogP contribution in [0.3, 0.4) is 0 Å². The number of nitro groups is 1. The summed E-state index contributed by atoms with van der Waals surface area (Å²) in [5.41, 5.74) is 0.186. The third-order valence-corrected chi connectivity index (χ3v) is 6.25. The number of likely N-dealkylation sites (N-methyl/N-ethyl adjacent to an activating group) is 1. The zero-order chi connectivity index (χ0) is 19.9. The van der Waals surface area contributed by atoms with Crippen molar-refractivity contribution in [3.8, 4) is 0 Å². The van der Waals surface area contributed by atoms with Crippen molar-refractivity contribution in [2.45, 2.75) is 55.9 Å². The van der Waals surface area contributed by atoms with Crippen molar-refractivity contribution < 1.29 is 13.3 Å². The van der Waals surface area contributed by atoms with Gasteiger partial charge in [-0.3, -0.25) is 10.1 Å². The van der Waals surface area contributed by atoms with E-state index < -0.39 is 14.9 Å². The Bertz CT molecular complexity index is 729. The molecule has 0 saturated heterocycles. The van der Waals surface area contributed by atoms with Crippen molar-refractivity contribution in [1.29, 1.82) is 0 Å². The van der Waals surface area contributed by atoms with E-state index >= 15 is 0 Å². The van der Waals surface area contributed by atoms with Gasteiger partial charge in [-0.25, -0.2) is 13.1 Å². The number of hydrogen-bond donors (Lipinski definition) is 2. The number of rotatable bonds is 8. The largest absolute Gasteiger partial charge is 0.377 e. The first-order chi connectivity index (χ1) is 12.8. The molecule has 0 aromatic heterocycles. The Kier molecular flexibility index (Phi) is 8.00. The molecule has 0 radical (unpaired) electrons. The van der Waals surface area contributed by atoms with E-state index in [9.17, 15) is 18.5 Å². The smallest absolute Gasteiger partial charge is 0.293 e. The maximum Gasteiger partial charge on any atom is 0.293 e. The second kappa shape index (κ2) is 10.0. The van der Waals surface area contributed by atoms with Crippen LogP contribution in [0.25, 0.3) is 0 Å². The minimum absolute atomic E-state index is 0.0869. The molecule has 1 aliphatic rings. The van der Waals surface area contributed by atoms with Gasteiger partial charge in [0, 0.05) is 25.2 Å². The summed E-state index contributed by atoms with van der Waals surface area (Å²) in [6.45, 7) is 0.786. The van der Waals surface area contributed by atoms with E-state index in [-0.39, 0.29) is 23.2 Å². The van der Waals surface area contributed by atoms with Gasteiger partial charge in [0.1, 0.15) is 5.69 Å². The van der Waals surface area contributed by atoms with Gasteiger partial charge in [-0.1, -0.05) is 32.1 Å². The van der Waals surface area contributed by atoms with Crippen molar-refractivity contribution >= 4 is 21.4 Å². The van der Waals surface area contributed by atoms with E-state index in [1.54, 1.807) is 0 Å². The highest BCUT2D eigenvalue weighted by Gasteiger charge is 2.23. The number of nitro benzene ring substituents is 1. The van der Waals surface area contributed by atoms with Gasteiger partial charge in [0.2, 0.25) is 10.0 Å². The standard InChI is InChI=1S/C18H30N4O4S/c1-21(2)13-12-19-27(25,26)16-10-11-17(18(14-16)22(23)24)20-15-8-6-4-3-5-7-9-15/h10-11,14-15,19-20H,3-9,12-13H2,1-2H3. The lowest BCUT2D eigenvalue weighted by molar-refractivity contribution is -0.384. The van der Waals surface area contributed by atoms with E-state index in [1.807, 2.05) is 19.0 Å². The Labute approximate surface area is 161 Å². The molecule has 27 heavy (non-hydrogen) atoms. The van der Waals surface area contributed by atoms with Crippen LogP contribution >= 0.6 is 0 Å². The molecule has 9 heteroatoms. The highest BCUT2D eigenvalue weighted by Crippen LogP contribution is 2.30. The lowest BCUT2D eigenvalue weighted by atomic mass is 9.96. The predicted molar refractivity (Wildman–Crippen MR) is 107 cm³/mol. The Balaban J connectivity index is 2.16. The molecular weight excluding hydrogens is 368 g/mol. The van der Waals surface area contributed by atoms with Crippen LogP contribution in [-0.2, 0) is 10.0 Å². The van der Waals surface area contributed by atoms with Gasteiger partial charge in [0.15, 0.2) is 0 Å². The minimum Gasteiger partial charge on any atom is -0.377 e. The lowest BCUT2D eigenvalue weighted by Gasteiger charge is -2.22. The van der Waals surface area contributed by atoms with E-state index in [0.717, 1.165) is 31.7 Å². The molecule has 1 aliphatic carbocycles. The van der Waals surface area contributed by atoms with Crippen LogP contribution in [0, 0.1) is 10.1 Å². The molecule has 8 nitrogen and oxygen atoms in total. The van der Waals surface area contributed by atoms with Crippen molar-refractivity contribution in [2.24, 2.45) is 0 Å². The molecule has 0 heterocycles. The summed E-state index contributed by atoms with van der Waals surface area (Å²) in [5, 5.41) is 14.8. The summed E-state index contributed by atoms with van der Waals surface area (Å²) in [6, 6.07) is 4.27. The second-order valence-corrected chi connectivity index (χ2v) is 9.09. The SMILES string of the molecule is CN(C)CCNS(=O)(=O)c1ccc(NC2CCCCCCC2)c([N+](=O)[O-])c1. The van der Waals surface area contributed by atoms with Crippen LogP contribution in [0.15, 0.2) is 23.1 Å². The average molecular weight is 399 g/mol. The molecular formula is C18H30N4O4S. The molecule has 0 amide bonds. The number of nitrogens with one attached hydrogen (secondary N) is 2. The molecule has 1 saturated carbocycles. The zero-order valence-corrected chi connectivity index (χ0v) is 16.9. The highest BCUT2D eigenvalue weighted by molar-refractivity contribution is 7.89. The number of anilines is 1. The minimum atomic E-state index is -3.78. The van der Waals surface area contributed by atoms with Gasteiger partial charge in [-0.15, -0.1) is 0 Å². The third kappa shape index (κ3) is 6.75. The number of nitrogens with zero attached hydrogens (tertiary/aromatic N) is 2. The van der Waals surface area contributed by atoms with Gasteiger partial charge < -0.3 is 10.2 Å². The maximum atomic E-state index is 12.4. The first-order valence-corrected chi connectivity index (χ1v) is 11.0. The Morgan fingerprint density at radius 1 is 1.15 bits per heavy atom.